The molecule has 1 N–H and O–H groups in total. The molecule has 160 valence electrons. The number of rotatable bonds is 9. The van der Waals surface area contributed by atoms with Crippen LogP contribution in [0, 0.1) is 6.92 Å². The van der Waals surface area contributed by atoms with Gasteiger partial charge in [-0.05, 0) is 41.8 Å². The summed E-state index contributed by atoms with van der Waals surface area (Å²) in [4.78, 5) is 26.6. The Labute approximate surface area is 191 Å². The van der Waals surface area contributed by atoms with Crippen LogP contribution in [0.5, 0.6) is 0 Å². The van der Waals surface area contributed by atoms with Gasteiger partial charge in [0.15, 0.2) is 6.61 Å². The number of ether oxygens (including phenoxy) is 1. The predicted molar refractivity (Wildman–Crippen MR) is 125 cm³/mol. The second kappa shape index (κ2) is 11.4. The van der Waals surface area contributed by atoms with Gasteiger partial charge in [0.1, 0.15) is 0 Å². The van der Waals surface area contributed by atoms with Crippen LogP contribution < -0.4 is 5.32 Å². The first-order valence-electron chi connectivity index (χ1n) is 10.0. The molecule has 0 saturated heterocycles. The molecule has 0 unspecified atom stereocenters. The number of hydrogen-bond donors (Lipinski definition) is 1. The lowest BCUT2D eigenvalue weighted by Gasteiger charge is -2.21. The molecule has 0 radical (unpaired) electrons. The van der Waals surface area contributed by atoms with Crippen LogP contribution in [0.15, 0.2) is 83.3 Å². The maximum absolute atomic E-state index is 12.4. The van der Waals surface area contributed by atoms with Gasteiger partial charge < -0.3 is 10.1 Å². The van der Waals surface area contributed by atoms with E-state index in [4.69, 9.17) is 4.74 Å². The van der Waals surface area contributed by atoms with Crippen LogP contribution in [0.4, 0.5) is 5.69 Å². The quantitative estimate of drug-likeness (QED) is 0.440. The minimum Gasteiger partial charge on any atom is -0.455 e. The molecule has 0 saturated carbocycles. The third kappa shape index (κ3) is 7.66. The Morgan fingerprint density at radius 1 is 0.903 bits per heavy atom. The van der Waals surface area contributed by atoms with Crippen molar-refractivity contribution in [2.24, 2.45) is 0 Å². The Bertz CT molecular complexity index is 968. The first-order chi connectivity index (χ1) is 15.0. The Balaban J connectivity index is 1.54. The summed E-state index contributed by atoms with van der Waals surface area (Å²) in [6.07, 6.45) is 0. The smallest absolute Gasteiger partial charge is 0.320 e. The largest absolute Gasteiger partial charge is 0.455 e. The molecule has 3 aromatic carbocycles. The van der Waals surface area contributed by atoms with E-state index in [1.165, 1.54) is 0 Å². The van der Waals surface area contributed by atoms with E-state index in [1.807, 2.05) is 84.6 Å². The summed E-state index contributed by atoms with van der Waals surface area (Å²) >= 11 is 3.43. The highest BCUT2D eigenvalue weighted by Crippen LogP contribution is 2.20. The molecule has 3 rings (SSSR count). The van der Waals surface area contributed by atoms with E-state index in [0.29, 0.717) is 18.8 Å². The van der Waals surface area contributed by atoms with Gasteiger partial charge in [0, 0.05) is 23.2 Å². The van der Waals surface area contributed by atoms with Crippen molar-refractivity contribution in [3.05, 3.63) is 100 Å². The number of aryl methyl sites for hydroxylation is 1. The van der Waals surface area contributed by atoms with Gasteiger partial charge >= 0.3 is 5.97 Å². The van der Waals surface area contributed by atoms with Crippen molar-refractivity contribution in [2.75, 3.05) is 18.5 Å². The van der Waals surface area contributed by atoms with Crippen LogP contribution in [-0.4, -0.2) is 29.9 Å². The van der Waals surface area contributed by atoms with Crippen LogP contribution in [-0.2, 0) is 27.4 Å². The fourth-order valence-corrected chi connectivity index (χ4v) is 3.39. The number of anilines is 1. The van der Waals surface area contributed by atoms with Gasteiger partial charge in [-0.25, -0.2) is 0 Å². The van der Waals surface area contributed by atoms with Crippen molar-refractivity contribution >= 4 is 33.5 Å². The van der Waals surface area contributed by atoms with Gasteiger partial charge in [-0.15, -0.1) is 0 Å². The third-order valence-electron chi connectivity index (χ3n) is 4.66. The summed E-state index contributed by atoms with van der Waals surface area (Å²) in [6.45, 7) is 2.92. The molecule has 0 aliphatic carbocycles. The van der Waals surface area contributed by atoms with Crippen molar-refractivity contribution in [3.63, 3.8) is 0 Å². The average Bonchev–Trinajstić information content (AvgIpc) is 2.76. The molecule has 0 fully saturated rings. The SMILES string of the molecule is Cc1cc(NC(=O)COC(=O)CN(Cc2ccccc2)Cc2ccccc2)ccc1Br. The Hall–Kier alpha value is -2.96. The minimum atomic E-state index is -0.436. The van der Waals surface area contributed by atoms with Gasteiger partial charge in [0.2, 0.25) is 0 Å². The van der Waals surface area contributed by atoms with E-state index in [1.54, 1.807) is 6.07 Å². The van der Waals surface area contributed by atoms with Crippen molar-refractivity contribution in [1.29, 1.82) is 0 Å². The fourth-order valence-electron chi connectivity index (χ4n) is 3.14. The molecule has 1 amide bonds. The fraction of sp³-hybridized carbons (Fsp3) is 0.200. The molecule has 0 bridgehead atoms. The first-order valence-corrected chi connectivity index (χ1v) is 10.8. The topological polar surface area (TPSA) is 58.6 Å². The molecule has 0 spiro atoms. The van der Waals surface area contributed by atoms with Crippen molar-refractivity contribution in [2.45, 2.75) is 20.0 Å². The molecular weight excluding hydrogens is 456 g/mol. The number of carbonyl (C=O) groups is 2. The molecule has 0 aromatic heterocycles. The number of nitrogens with one attached hydrogen (secondary N) is 1. The number of amides is 1. The van der Waals surface area contributed by atoms with Gasteiger partial charge in [0.05, 0.1) is 6.54 Å². The summed E-state index contributed by atoms with van der Waals surface area (Å²) in [5.74, 6) is -0.804. The van der Waals surface area contributed by atoms with Gasteiger partial charge in [0.25, 0.3) is 5.91 Å². The normalized spacial score (nSPS) is 10.7. The summed E-state index contributed by atoms with van der Waals surface area (Å²) in [6, 6.07) is 25.4. The second-order valence-corrected chi connectivity index (χ2v) is 8.14. The Kier molecular flexibility index (Phi) is 8.38. The maximum Gasteiger partial charge on any atom is 0.320 e. The van der Waals surface area contributed by atoms with E-state index < -0.39 is 5.97 Å². The zero-order valence-electron chi connectivity index (χ0n) is 17.4. The van der Waals surface area contributed by atoms with E-state index in [-0.39, 0.29) is 19.1 Å². The first kappa shape index (κ1) is 22.7. The molecule has 0 aliphatic heterocycles. The Morgan fingerprint density at radius 2 is 1.48 bits per heavy atom. The van der Waals surface area contributed by atoms with Gasteiger partial charge in [-0.3, -0.25) is 14.5 Å². The van der Waals surface area contributed by atoms with Crippen molar-refractivity contribution in [1.82, 2.24) is 4.90 Å². The highest BCUT2D eigenvalue weighted by Gasteiger charge is 2.15. The van der Waals surface area contributed by atoms with Crippen LogP contribution >= 0.6 is 15.9 Å². The molecule has 0 atom stereocenters. The zero-order valence-corrected chi connectivity index (χ0v) is 19.0. The van der Waals surface area contributed by atoms with Crippen LogP contribution in [0.3, 0.4) is 0 Å². The molecule has 5 nitrogen and oxygen atoms in total. The average molecular weight is 481 g/mol. The number of carbonyl (C=O) groups excluding carboxylic acids is 2. The molecule has 3 aromatic rings. The highest BCUT2D eigenvalue weighted by atomic mass is 79.9. The number of nitrogens with zero attached hydrogens (tertiary/aromatic N) is 1. The molecule has 0 aliphatic rings. The summed E-state index contributed by atoms with van der Waals surface area (Å²) < 4.78 is 6.20. The monoisotopic (exact) mass is 480 g/mol. The van der Waals surface area contributed by atoms with E-state index >= 15 is 0 Å². The van der Waals surface area contributed by atoms with Crippen LogP contribution in [0.25, 0.3) is 0 Å². The van der Waals surface area contributed by atoms with E-state index in [0.717, 1.165) is 21.2 Å². The third-order valence-corrected chi connectivity index (χ3v) is 5.55. The Morgan fingerprint density at radius 3 is 2.03 bits per heavy atom. The van der Waals surface area contributed by atoms with E-state index in [9.17, 15) is 9.59 Å². The minimum absolute atomic E-state index is 0.0917. The number of hydrogen-bond acceptors (Lipinski definition) is 4. The zero-order chi connectivity index (χ0) is 22.1. The van der Waals surface area contributed by atoms with Crippen LogP contribution in [0.1, 0.15) is 16.7 Å². The van der Waals surface area contributed by atoms with Gasteiger partial charge in [-0.2, -0.15) is 0 Å². The number of halogens is 1. The van der Waals surface area contributed by atoms with Gasteiger partial charge in [-0.1, -0.05) is 76.6 Å². The molecular formula is C25H25BrN2O3. The molecule has 6 heteroatoms. The van der Waals surface area contributed by atoms with E-state index in [2.05, 4.69) is 21.2 Å². The summed E-state index contributed by atoms with van der Waals surface area (Å²) in [7, 11) is 0. The molecule has 31 heavy (non-hydrogen) atoms. The van der Waals surface area contributed by atoms with Crippen molar-refractivity contribution < 1.29 is 14.3 Å². The van der Waals surface area contributed by atoms with Crippen LogP contribution in [0.2, 0.25) is 0 Å². The summed E-state index contributed by atoms with van der Waals surface area (Å²) in [5, 5.41) is 2.75. The number of benzene rings is 3. The summed E-state index contributed by atoms with van der Waals surface area (Å²) in [5.41, 5.74) is 3.88. The maximum atomic E-state index is 12.4. The predicted octanol–water partition coefficient (Wildman–Crippen LogP) is 4.94. The lowest BCUT2D eigenvalue weighted by atomic mass is 10.1. The highest BCUT2D eigenvalue weighted by molar-refractivity contribution is 9.10. The molecule has 0 heterocycles. The lowest BCUT2D eigenvalue weighted by Crippen LogP contribution is -2.32. The van der Waals surface area contributed by atoms with Crippen molar-refractivity contribution in [3.8, 4) is 0 Å². The number of esters is 1. The second-order valence-electron chi connectivity index (χ2n) is 7.29. The standard InChI is InChI=1S/C25H25BrN2O3/c1-19-14-22(12-13-23(19)26)27-24(29)18-31-25(30)17-28(15-20-8-4-2-5-9-20)16-21-10-6-3-7-11-21/h2-14H,15-18H2,1H3,(H,27,29). The lowest BCUT2D eigenvalue weighted by molar-refractivity contribution is -0.148.